The summed E-state index contributed by atoms with van der Waals surface area (Å²) in [6.07, 6.45) is 7.42. The second-order valence-corrected chi connectivity index (χ2v) is 6.16. The lowest BCUT2D eigenvalue weighted by Gasteiger charge is -2.24. The fraction of sp³-hybridized carbons (Fsp3) is 0.611. The number of methoxy groups -OCH3 is 1. The number of carbonyl (C=O) groups is 1. The van der Waals surface area contributed by atoms with Gasteiger partial charge in [-0.05, 0) is 43.4 Å². The molecule has 116 valence electrons. The van der Waals surface area contributed by atoms with E-state index in [9.17, 15) is 4.79 Å². The van der Waals surface area contributed by atoms with E-state index in [0.717, 1.165) is 18.4 Å². The Morgan fingerprint density at radius 2 is 1.81 bits per heavy atom. The van der Waals surface area contributed by atoms with Crippen LogP contribution in [0, 0.1) is 13.8 Å². The summed E-state index contributed by atoms with van der Waals surface area (Å²) in [5.41, 5.74) is 3.47. The van der Waals surface area contributed by atoms with Gasteiger partial charge in [-0.3, -0.25) is 5.32 Å². The van der Waals surface area contributed by atoms with Gasteiger partial charge in [-0.25, -0.2) is 4.79 Å². The number of esters is 1. The molecule has 1 atom stereocenters. The van der Waals surface area contributed by atoms with E-state index < -0.39 is 0 Å². The molecule has 2 rings (SSSR count). The number of hydrogen-bond donors (Lipinski definition) is 1. The normalized spacial score (nSPS) is 18.0. The summed E-state index contributed by atoms with van der Waals surface area (Å²) in [7, 11) is 1.46. The van der Waals surface area contributed by atoms with Gasteiger partial charge in [-0.2, -0.15) is 0 Å². The van der Waals surface area contributed by atoms with Gasteiger partial charge in [0.25, 0.3) is 0 Å². The first-order valence-electron chi connectivity index (χ1n) is 8.03. The molecular weight excluding hydrogens is 262 g/mol. The first kappa shape index (κ1) is 16.0. The number of carbonyl (C=O) groups excluding carboxylic acids is 1. The number of nitrogens with one attached hydrogen (secondary N) is 1. The van der Waals surface area contributed by atoms with Gasteiger partial charge in [0.2, 0.25) is 0 Å². The molecule has 21 heavy (non-hydrogen) atoms. The Morgan fingerprint density at radius 3 is 2.38 bits per heavy atom. The van der Waals surface area contributed by atoms with Crippen molar-refractivity contribution >= 4 is 5.97 Å². The molecule has 1 unspecified atom stereocenters. The average Bonchev–Trinajstić information content (AvgIpc) is 2.75. The minimum Gasteiger partial charge on any atom is -0.468 e. The van der Waals surface area contributed by atoms with Gasteiger partial charge in [-0.1, -0.05) is 43.9 Å². The highest BCUT2D eigenvalue weighted by molar-refractivity contribution is 5.77. The molecule has 0 spiro atoms. The van der Waals surface area contributed by atoms with E-state index in [4.69, 9.17) is 4.74 Å². The van der Waals surface area contributed by atoms with Crippen molar-refractivity contribution in [1.29, 1.82) is 0 Å². The molecular formula is C18H27NO2. The van der Waals surface area contributed by atoms with Crippen molar-refractivity contribution < 1.29 is 9.53 Å². The highest BCUT2D eigenvalue weighted by Crippen LogP contribution is 2.23. The summed E-state index contributed by atoms with van der Waals surface area (Å²) in [6, 6.07) is 6.28. The number of ether oxygens (including phenoxy) is 1. The van der Waals surface area contributed by atoms with Crippen LogP contribution >= 0.6 is 0 Å². The molecule has 0 aliphatic heterocycles. The van der Waals surface area contributed by atoms with Gasteiger partial charge in [0.15, 0.2) is 0 Å². The van der Waals surface area contributed by atoms with Crippen LogP contribution in [0.3, 0.4) is 0 Å². The quantitative estimate of drug-likeness (QED) is 0.676. The van der Waals surface area contributed by atoms with E-state index in [1.807, 2.05) is 6.07 Å². The molecule has 1 aliphatic carbocycles. The molecule has 0 bridgehead atoms. The predicted octanol–water partition coefficient (Wildman–Crippen LogP) is 3.83. The van der Waals surface area contributed by atoms with Gasteiger partial charge in [0.05, 0.1) is 7.11 Å². The lowest BCUT2D eigenvalue weighted by molar-refractivity contribution is -0.143. The molecule has 0 saturated heterocycles. The third-order valence-electron chi connectivity index (χ3n) is 4.56. The van der Waals surface area contributed by atoms with E-state index in [2.05, 4.69) is 31.3 Å². The Hall–Kier alpha value is -1.35. The summed E-state index contributed by atoms with van der Waals surface area (Å²) in [6.45, 7) is 4.17. The van der Waals surface area contributed by atoms with E-state index in [1.54, 1.807) is 0 Å². The highest BCUT2D eigenvalue weighted by atomic mass is 16.5. The average molecular weight is 289 g/mol. The van der Waals surface area contributed by atoms with E-state index in [-0.39, 0.29) is 12.0 Å². The molecule has 3 heteroatoms. The molecule has 3 nitrogen and oxygen atoms in total. The maximum absolute atomic E-state index is 12.2. The van der Waals surface area contributed by atoms with Gasteiger partial charge in [0.1, 0.15) is 6.04 Å². The van der Waals surface area contributed by atoms with Crippen LogP contribution in [0.1, 0.15) is 61.3 Å². The fourth-order valence-electron chi connectivity index (χ4n) is 3.04. The summed E-state index contributed by atoms with van der Waals surface area (Å²) >= 11 is 0. The molecule has 1 fully saturated rings. The van der Waals surface area contributed by atoms with Crippen LogP contribution in [0.15, 0.2) is 18.2 Å². The predicted molar refractivity (Wildman–Crippen MR) is 85.3 cm³/mol. The third kappa shape index (κ3) is 4.31. The summed E-state index contributed by atoms with van der Waals surface area (Å²) in [4.78, 5) is 12.2. The number of aryl methyl sites for hydroxylation is 2. The molecule has 1 aromatic rings. The van der Waals surface area contributed by atoms with Crippen LogP contribution < -0.4 is 5.32 Å². The largest absolute Gasteiger partial charge is 0.468 e. The molecule has 0 radical (unpaired) electrons. The van der Waals surface area contributed by atoms with Crippen molar-refractivity contribution in [3.63, 3.8) is 0 Å². The Bertz CT molecular complexity index is 476. The fourth-order valence-corrected chi connectivity index (χ4v) is 3.04. The highest BCUT2D eigenvalue weighted by Gasteiger charge is 2.25. The van der Waals surface area contributed by atoms with Crippen molar-refractivity contribution in [3.8, 4) is 0 Å². The third-order valence-corrected chi connectivity index (χ3v) is 4.56. The van der Waals surface area contributed by atoms with Crippen LogP contribution in [0.2, 0.25) is 0 Å². The first-order valence-corrected chi connectivity index (χ1v) is 8.03. The van der Waals surface area contributed by atoms with E-state index in [1.165, 1.54) is 43.9 Å². The Kier molecular flexibility index (Phi) is 5.80. The van der Waals surface area contributed by atoms with Crippen molar-refractivity contribution in [3.05, 3.63) is 34.9 Å². The van der Waals surface area contributed by atoms with Gasteiger partial charge >= 0.3 is 5.97 Å². The van der Waals surface area contributed by atoms with Crippen LogP contribution in [0.5, 0.6) is 0 Å². The number of hydrogen-bond acceptors (Lipinski definition) is 3. The lowest BCUT2D eigenvalue weighted by Crippen LogP contribution is -2.37. The summed E-state index contributed by atoms with van der Waals surface area (Å²) < 4.78 is 5.01. The molecule has 1 N–H and O–H groups in total. The smallest absolute Gasteiger partial charge is 0.327 e. The first-order chi connectivity index (χ1) is 10.1. The van der Waals surface area contributed by atoms with Crippen molar-refractivity contribution in [1.82, 2.24) is 5.32 Å². The van der Waals surface area contributed by atoms with E-state index in [0.29, 0.717) is 6.04 Å². The second kappa shape index (κ2) is 7.60. The Balaban J connectivity index is 2.17. The lowest BCUT2D eigenvalue weighted by atomic mass is 9.99. The zero-order chi connectivity index (χ0) is 15.2. The molecule has 0 amide bonds. The van der Waals surface area contributed by atoms with Crippen molar-refractivity contribution in [2.24, 2.45) is 0 Å². The van der Waals surface area contributed by atoms with Crippen molar-refractivity contribution in [2.45, 2.75) is 64.5 Å². The van der Waals surface area contributed by atoms with Crippen LogP contribution in [-0.2, 0) is 9.53 Å². The standard InChI is InChI=1S/C18H27NO2/c1-13-10-11-15(12-14(13)2)17(18(20)21-3)19-16-8-6-4-5-7-9-16/h10-12,16-17,19H,4-9H2,1-3H3. The summed E-state index contributed by atoms with van der Waals surface area (Å²) in [5, 5.41) is 3.54. The number of rotatable bonds is 4. The Labute approximate surface area is 128 Å². The second-order valence-electron chi connectivity index (χ2n) is 6.16. The monoisotopic (exact) mass is 289 g/mol. The maximum Gasteiger partial charge on any atom is 0.327 e. The molecule has 0 aromatic heterocycles. The minimum atomic E-state index is -0.350. The van der Waals surface area contributed by atoms with Crippen LogP contribution in [0.4, 0.5) is 0 Å². The van der Waals surface area contributed by atoms with Crippen molar-refractivity contribution in [2.75, 3.05) is 7.11 Å². The zero-order valence-corrected chi connectivity index (χ0v) is 13.4. The molecule has 1 aliphatic rings. The molecule has 1 saturated carbocycles. The molecule has 0 heterocycles. The molecule has 1 aromatic carbocycles. The van der Waals surface area contributed by atoms with Gasteiger partial charge in [0, 0.05) is 6.04 Å². The van der Waals surface area contributed by atoms with Gasteiger partial charge in [-0.15, -0.1) is 0 Å². The topological polar surface area (TPSA) is 38.3 Å². The SMILES string of the molecule is COC(=O)C(NC1CCCCCC1)c1ccc(C)c(C)c1. The summed E-state index contributed by atoms with van der Waals surface area (Å²) in [5.74, 6) is -0.192. The zero-order valence-electron chi connectivity index (χ0n) is 13.4. The Morgan fingerprint density at radius 1 is 1.14 bits per heavy atom. The van der Waals surface area contributed by atoms with E-state index >= 15 is 0 Å². The number of benzene rings is 1. The maximum atomic E-state index is 12.2. The van der Waals surface area contributed by atoms with Gasteiger partial charge < -0.3 is 4.74 Å². The minimum absolute atomic E-state index is 0.192. The van der Waals surface area contributed by atoms with Crippen LogP contribution in [0.25, 0.3) is 0 Å². The van der Waals surface area contributed by atoms with Crippen LogP contribution in [-0.4, -0.2) is 19.1 Å².